The number of aromatic nitrogens is 5. The van der Waals surface area contributed by atoms with Gasteiger partial charge in [0.15, 0.2) is 0 Å². The summed E-state index contributed by atoms with van der Waals surface area (Å²) in [4.78, 5) is 104. The maximum Gasteiger partial charge on any atom is 0.326 e. The van der Waals surface area contributed by atoms with Gasteiger partial charge in [-0.1, -0.05) is 36.4 Å². The molecular weight excluding hydrogens is 950 g/mol. The van der Waals surface area contributed by atoms with Crippen LogP contribution in [-0.4, -0.2) is 117 Å². The second kappa shape index (κ2) is 24.9. The minimum atomic E-state index is -1.29. The number of nitrogens with two attached hydrogens (primary N) is 3. The molecule has 70 heavy (non-hydrogen) atoms. The number of hydrogen-bond donors (Lipinski definition) is 4. The molecule has 9 N–H and O–H groups in total. The Balaban J connectivity index is 0.000000235. The summed E-state index contributed by atoms with van der Waals surface area (Å²) in [6.07, 6.45) is 9.45. The molecule has 23 nitrogen and oxygen atoms in total. The van der Waals surface area contributed by atoms with E-state index in [-0.39, 0.29) is 34.5 Å². The number of oxazole rings is 2. The summed E-state index contributed by atoms with van der Waals surface area (Å²) in [6.45, 7) is 12.9. The van der Waals surface area contributed by atoms with Gasteiger partial charge in [0.05, 0.1) is 64.2 Å². The summed E-state index contributed by atoms with van der Waals surface area (Å²) in [5, 5.41) is 16.2. The minimum Gasteiger partial charge on any atom is -0.480 e. The number of hydrogen-bond acceptors (Lipinski definition) is 17. The summed E-state index contributed by atoms with van der Waals surface area (Å²) in [7, 11) is -1.29. The monoisotopic (exact) mass is 1000 g/mol. The molecule has 6 amide bonds. The van der Waals surface area contributed by atoms with E-state index in [0.717, 1.165) is 9.80 Å². The van der Waals surface area contributed by atoms with E-state index in [1.165, 1.54) is 49.6 Å². The first-order valence-corrected chi connectivity index (χ1v) is 24.6. The average molecular weight is 1000 g/mol. The fourth-order valence-electron chi connectivity index (χ4n) is 6.46. The Morgan fingerprint density at radius 3 is 1.13 bits per heavy atom. The molecule has 9 rings (SSSR count). The van der Waals surface area contributed by atoms with Crippen molar-refractivity contribution in [2.75, 3.05) is 0 Å². The van der Waals surface area contributed by atoms with E-state index >= 15 is 0 Å². The van der Waals surface area contributed by atoms with Crippen molar-refractivity contribution in [1.29, 1.82) is 0 Å². The maximum absolute atomic E-state index is 12.2. The van der Waals surface area contributed by atoms with Gasteiger partial charge in [-0.2, -0.15) is 10.2 Å². The molecule has 0 saturated heterocycles. The Kier molecular flexibility index (Phi) is 20.1. The first-order valence-electron chi connectivity index (χ1n) is 20.8. The third kappa shape index (κ3) is 12.8. The van der Waals surface area contributed by atoms with Gasteiger partial charge >= 0.3 is 5.97 Å². The SMILES string of the molecule is C[C@@H](C(=O)Cl)N1C(=O)c2ccccc2C1=O.C[C@@H](C(=O)O)N1C(=O)c2ccccc2C1=O.C[C@@H](c1ncco1)N1C(=O)c2ccccc2C1=O.C[C@H](N)c1ncco1.C[Si](C)(C)n1nccn1.NN.O. The molecule has 4 atom stereocenters. The van der Waals surface area contributed by atoms with E-state index in [4.69, 9.17) is 31.3 Å². The third-order valence-corrected chi connectivity index (χ3v) is 11.7. The molecule has 3 aliphatic rings. The maximum atomic E-state index is 12.2. The number of nitrogens with zero attached hydrogens (tertiary/aromatic N) is 8. The topological polar surface area (TPSA) is 359 Å². The fourth-order valence-corrected chi connectivity index (χ4v) is 7.39. The van der Waals surface area contributed by atoms with Crippen LogP contribution < -0.4 is 17.4 Å². The Hall–Kier alpha value is -7.87. The minimum absolute atomic E-state index is 0. The number of aliphatic carboxylic acids is 1. The predicted molar refractivity (Wildman–Crippen MR) is 253 cm³/mol. The Morgan fingerprint density at radius 1 is 0.571 bits per heavy atom. The van der Waals surface area contributed by atoms with Crippen LogP contribution in [0.5, 0.6) is 0 Å². The second-order valence-corrected chi connectivity index (χ2v) is 20.9. The largest absolute Gasteiger partial charge is 0.480 e. The van der Waals surface area contributed by atoms with E-state index in [0.29, 0.717) is 34.0 Å². The lowest BCUT2D eigenvalue weighted by atomic mass is 10.1. The lowest BCUT2D eigenvalue weighted by Crippen LogP contribution is -2.42. The van der Waals surface area contributed by atoms with Gasteiger partial charge in [0, 0.05) is 0 Å². The van der Waals surface area contributed by atoms with E-state index in [1.54, 1.807) is 86.2 Å². The highest BCUT2D eigenvalue weighted by Crippen LogP contribution is 2.30. The summed E-state index contributed by atoms with van der Waals surface area (Å²) < 4.78 is 11.8. The first kappa shape index (κ1) is 56.4. The lowest BCUT2D eigenvalue weighted by molar-refractivity contribution is -0.141. The van der Waals surface area contributed by atoms with Gasteiger partial charge < -0.3 is 25.2 Å². The van der Waals surface area contributed by atoms with Gasteiger partial charge in [-0.25, -0.2) is 19.2 Å². The van der Waals surface area contributed by atoms with Crippen molar-refractivity contribution in [1.82, 2.24) is 39.3 Å². The number of rotatable bonds is 8. The van der Waals surface area contributed by atoms with Crippen molar-refractivity contribution in [3.05, 3.63) is 155 Å². The van der Waals surface area contributed by atoms with Crippen LogP contribution in [-0.2, 0) is 9.59 Å². The number of imide groups is 3. The van der Waals surface area contributed by atoms with Crippen molar-refractivity contribution in [2.24, 2.45) is 17.4 Å². The van der Waals surface area contributed by atoms with Gasteiger partial charge in [0.2, 0.25) is 25.3 Å². The Labute approximate surface area is 406 Å². The van der Waals surface area contributed by atoms with Crippen molar-refractivity contribution >= 4 is 66.5 Å². The molecular formula is C45H52ClN11O12Si. The number of carbonyl (C=O) groups is 8. The standard InChI is InChI=1S/C13H10N2O3.C11H8ClNO3.C11H9NO4.C5H11N3Si.C5H8N2O.H4N2.H2O/c1-8(11-14-6-7-18-11)15-12(16)9-4-2-3-5-10(9)13(15)17;1-6(9(12)14)13-10(15)7-4-2-3-5-8(7)11(13)16;1-6(11(15)16)12-9(13)7-4-2-3-5-8(7)10(12)14;1-9(2,3)8-6-4-5-7-8;1-4(6)5-7-2-3-8-5;1-2;/h2-8H,1H3;2-6H,1H3;2-6H,1H3,(H,15,16);4-5H,1-3H3;2-4H,6H2,1H3;1-2H2;1H2/t8-;2*6-;;4-;;/m000.0../s1. The zero-order chi connectivity index (χ0) is 51.3. The van der Waals surface area contributed by atoms with Gasteiger partial charge in [0.25, 0.3) is 35.4 Å². The summed E-state index contributed by atoms with van der Waals surface area (Å²) in [6, 6.07) is 16.9. The molecule has 3 aromatic heterocycles. The molecule has 0 unspecified atom stereocenters. The lowest BCUT2D eigenvalue weighted by Gasteiger charge is -2.19. The Morgan fingerprint density at radius 2 is 0.886 bits per heavy atom. The molecule has 3 aromatic carbocycles. The smallest absolute Gasteiger partial charge is 0.326 e. The van der Waals surface area contributed by atoms with Crippen LogP contribution in [0.25, 0.3) is 0 Å². The number of carboxylic acids is 1. The normalized spacial score (nSPS) is 14.7. The van der Waals surface area contributed by atoms with Crippen LogP contribution in [0.15, 0.2) is 119 Å². The number of fused-ring (bicyclic) bond motifs is 3. The molecule has 6 heterocycles. The first-order chi connectivity index (χ1) is 32.7. The van der Waals surface area contributed by atoms with Crippen LogP contribution in [0.2, 0.25) is 19.6 Å². The summed E-state index contributed by atoms with van der Waals surface area (Å²) in [5.74, 6) is 5.10. The molecule has 0 fully saturated rings. The fraction of sp³-hybridized carbons (Fsp3) is 0.244. The number of amides is 6. The predicted octanol–water partition coefficient (Wildman–Crippen LogP) is 3.87. The molecule has 0 aliphatic carbocycles. The number of carbonyl (C=O) groups excluding carboxylic acids is 7. The molecule has 25 heteroatoms. The Bertz CT molecular complexity index is 2590. The highest BCUT2D eigenvalue weighted by Gasteiger charge is 2.42. The van der Waals surface area contributed by atoms with Crippen molar-refractivity contribution < 1.29 is 57.8 Å². The van der Waals surface area contributed by atoms with Crippen molar-refractivity contribution in [3.63, 3.8) is 0 Å². The summed E-state index contributed by atoms with van der Waals surface area (Å²) in [5.41, 5.74) is 7.43. The number of hydrazine groups is 1. The average Bonchev–Trinajstić information content (AvgIpc) is 4.22. The van der Waals surface area contributed by atoms with Gasteiger partial charge in [-0.05, 0) is 95.3 Å². The quantitative estimate of drug-likeness (QED) is 0.0552. The third-order valence-electron chi connectivity index (χ3n) is 9.99. The van der Waals surface area contributed by atoms with E-state index in [2.05, 4.69) is 51.5 Å². The molecule has 370 valence electrons. The molecule has 0 bridgehead atoms. The van der Waals surface area contributed by atoms with Gasteiger partial charge in [-0.15, -0.1) is 0 Å². The van der Waals surface area contributed by atoms with Gasteiger partial charge in [0.1, 0.15) is 30.7 Å². The molecule has 6 aromatic rings. The zero-order valence-corrected chi connectivity index (χ0v) is 40.7. The molecule has 3 aliphatic heterocycles. The van der Waals surface area contributed by atoms with Crippen LogP contribution in [0.4, 0.5) is 0 Å². The van der Waals surface area contributed by atoms with Gasteiger partial charge in [-0.3, -0.25) is 59.9 Å². The van der Waals surface area contributed by atoms with Crippen molar-refractivity contribution in [3.8, 4) is 0 Å². The number of halogens is 1. The van der Waals surface area contributed by atoms with Crippen LogP contribution in [0.3, 0.4) is 0 Å². The van der Waals surface area contributed by atoms with Crippen LogP contribution in [0.1, 0.15) is 114 Å². The molecule has 0 radical (unpaired) electrons. The van der Waals surface area contributed by atoms with Crippen molar-refractivity contribution in [2.45, 2.75) is 71.5 Å². The van der Waals surface area contributed by atoms with Crippen LogP contribution in [0, 0.1) is 0 Å². The summed E-state index contributed by atoms with van der Waals surface area (Å²) >= 11 is 5.30. The highest BCUT2D eigenvalue weighted by atomic mass is 35.5. The second-order valence-electron chi connectivity index (χ2n) is 15.8. The molecule has 0 saturated carbocycles. The highest BCUT2D eigenvalue weighted by molar-refractivity contribution is 6.73. The van der Waals surface area contributed by atoms with E-state index < -0.39 is 61.2 Å². The van der Waals surface area contributed by atoms with E-state index in [9.17, 15) is 38.4 Å². The van der Waals surface area contributed by atoms with E-state index in [1.807, 2.05) is 11.4 Å². The van der Waals surface area contributed by atoms with Crippen LogP contribution >= 0.6 is 11.6 Å². The zero-order valence-electron chi connectivity index (χ0n) is 38.9. The number of carboxylic acid groups (broad SMARTS) is 1. The molecule has 0 spiro atoms. The number of benzene rings is 3.